The molecule has 1 aromatic carbocycles. The number of nitrogens with zero attached hydrogens (tertiary/aromatic N) is 1. The quantitative estimate of drug-likeness (QED) is 0.768. The predicted octanol–water partition coefficient (Wildman–Crippen LogP) is 1.82. The lowest BCUT2D eigenvalue weighted by atomic mass is 9.96. The monoisotopic (exact) mass is 397 g/mol. The summed E-state index contributed by atoms with van der Waals surface area (Å²) in [5.41, 5.74) is 0.674. The number of piperidine rings is 1. The largest absolute Gasteiger partial charge is 0.422 e. The summed E-state index contributed by atoms with van der Waals surface area (Å²) in [5, 5.41) is 7.00. The van der Waals surface area contributed by atoms with Crippen molar-refractivity contribution >= 4 is 22.8 Å². The third-order valence-corrected chi connectivity index (χ3v) is 6.03. The molecule has 0 aliphatic carbocycles. The summed E-state index contributed by atoms with van der Waals surface area (Å²) in [7, 11) is 0. The van der Waals surface area contributed by atoms with Gasteiger partial charge in [0.25, 0.3) is 5.91 Å². The van der Waals surface area contributed by atoms with E-state index in [2.05, 4.69) is 10.6 Å². The van der Waals surface area contributed by atoms with E-state index in [0.717, 1.165) is 37.6 Å². The smallest absolute Gasteiger partial charge is 0.349 e. The summed E-state index contributed by atoms with van der Waals surface area (Å²) in [6.07, 6.45) is 3.70. The Hall–Kier alpha value is -2.67. The predicted molar refractivity (Wildman–Crippen MR) is 110 cm³/mol. The number of carbonyl (C=O) groups is 2. The van der Waals surface area contributed by atoms with Crippen molar-refractivity contribution in [1.82, 2.24) is 15.5 Å². The van der Waals surface area contributed by atoms with Gasteiger partial charge in [0.15, 0.2) is 0 Å². The number of para-hydroxylation sites is 1. The fourth-order valence-electron chi connectivity index (χ4n) is 4.40. The molecule has 2 aliphatic rings. The molecule has 7 nitrogen and oxygen atoms in total. The third kappa shape index (κ3) is 4.05. The first kappa shape index (κ1) is 19.6. The molecule has 2 saturated heterocycles. The molecule has 7 heteroatoms. The third-order valence-electron chi connectivity index (χ3n) is 6.03. The molecule has 2 unspecified atom stereocenters. The van der Waals surface area contributed by atoms with Gasteiger partial charge in [-0.05, 0) is 56.7 Å². The SMILES string of the molecule is Cc1c(C(=O)N2CCCC(CNC(=O)C3CCCN3)C2)c(=O)oc2ccccc12. The van der Waals surface area contributed by atoms with Crippen LogP contribution in [0.1, 0.15) is 41.6 Å². The van der Waals surface area contributed by atoms with E-state index < -0.39 is 5.63 Å². The maximum Gasteiger partial charge on any atom is 0.349 e. The van der Waals surface area contributed by atoms with E-state index in [-0.39, 0.29) is 29.3 Å². The van der Waals surface area contributed by atoms with E-state index in [4.69, 9.17) is 4.42 Å². The molecule has 29 heavy (non-hydrogen) atoms. The zero-order chi connectivity index (χ0) is 20.4. The Morgan fingerprint density at radius 2 is 2.07 bits per heavy atom. The summed E-state index contributed by atoms with van der Waals surface area (Å²) < 4.78 is 5.38. The number of benzene rings is 1. The molecule has 2 aromatic rings. The van der Waals surface area contributed by atoms with Crippen molar-refractivity contribution in [2.24, 2.45) is 5.92 Å². The van der Waals surface area contributed by atoms with Crippen LogP contribution in [0, 0.1) is 12.8 Å². The molecule has 154 valence electrons. The van der Waals surface area contributed by atoms with E-state index in [9.17, 15) is 14.4 Å². The first-order chi connectivity index (χ1) is 14.0. The van der Waals surface area contributed by atoms with E-state index in [1.54, 1.807) is 24.0 Å². The van der Waals surface area contributed by atoms with E-state index in [0.29, 0.717) is 30.8 Å². The molecule has 1 aromatic heterocycles. The minimum atomic E-state index is -0.589. The number of likely N-dealkylation sites (tertiary alicyclic amines) is 1. The maximum absolute atomic E-state index is 13.1. The highest BCUT2D eigenvalue weighted by molar-refractivity contribution is 5.99. The van der Waals surface area contributed by atoms with Crippen molar-refractivity contribution in [1.29, 1.82) is 0 Å². The number of fused-ring (bicyclic) bond motifs is 1. The Labute approximate surface area is 169 Å². The summed E-state index contributed by atoms with van der Waals surface area (Å²) >= 11 is 0. The van der Waals surface area contributed by atoms with Gasteiger partial charge < -0.3 is 20.0 Å². The summed E-state index contributed by atoms with van der Waals surface area (Å²) in [6, 6.07) is 7.16. The number of amides is 2. The van der Waals surface area contributed by atoms with Crippen LogP contribution in [0.2, 0.25) is 0 Å². The zero-order valence-electron chi connectivity index (χ0n) is 16.7. The van der Waals surface area contributed by atoms with E-state index in [1.165, 1.54) is 0 Å². The number of aryl methyl sites for hydroxylation is 1. The molecule has 2 N–H and O–H groups in total. The van der Waals surface area contributed by atoms with Crippen molar-refractivity contribution in [3.63, 3.8) is 0 Å². The second-order valence-corrected chi connectivity index (χ2v) is 8.04. The van der Waals surface area contributed by atoms with Crippen molar-refractivity contribution in [3.05, 3.63) is 45.8 Å². The lowest BCUT2D eigenvalue weighted by Gasteiger charge is -2.33. The van der Waals surface area contributed by atoms with Gasteiger partial charge in [0, 0.05) is 25.0 Å². The minimum absolute atomic E-state index is 0.0389. The molecule has 0 spiro atoms. The first-order valence-electron chi connectivity index (χ1n) is 10.4. The standard InChI is InChI=1S/C22H27N3O4/c1-14-16-7-2-3-9-18(16)29-22(28)19(14)21(27)25-11-5-6-15(13-25)12-24-20(26)17-8-4-10-23-17/h2-3,7,9,15,17,23H,4-6,8,10-13H2,1H3,(H,24,26). The number of hydrogen-bond donors (Lipinski definition) is 2. The average Bonchev–Trinajstić information content (AvgIpc) is 3.27. The highest BCUT2D eigenvalue weighted by atomic mass is 16.4. The number of nitrogens with one attached hydrogen (secondary N) is 2. The molecule has 4 rings (SSSR count). The summed E-state index contributed by atoms with van der Waals surface area (Å²) in [5.74, 6) is -0.0571. The van der Waals surface area contributed by atoms with Crippen molar-refractivity contribution < 1.29 is 14.0 Å². The molecule has 2 aliphatic heterocycles. The van der Waals surface area contributed by atoms with Crippen LogP contribution in [0.3, 0.4) is 0 Å². The van der Waals surface area contributed by atoms with Crippen LogP contribution in [0.5, 0.6) is 0 Å². The Morgan fingerprint density at radius 1 is 1.24 bits per heavy atom. The first-order valence-corrected chi connectivity index (χ1v) is 10.4. The average molecular weight is 397 g/mol. The molecule has 0 bridgehead atoms. The topological polar surface area (TPSA) is 91.7 Å². The van der Waals surface area contributed by atoms with Gasteiger partial charge >= 0.3 is 5.63 Å². The molecule has 0 radical (unpaired) electrons. The zero-order valence-corrected chi connectivity index (χ0v) is 16.7. The van der Waals surface area contributed by atoms with Crippen LogP contribution in [0.15, 0.2) is 33.5 Å². The molecule has 2 amide bonds. The molecule has 2 atom stereocenters. The highest BCUT2D eigenvalue weighted by Crippen LogP contribution is 2.22. The maximum atomic E-state index is 13.1. The fourth-order valence-corrected chi connectivity index (χ4v) is 4.40. The van der Waals surface area contributed by atoms with Gasteiger partial charge in [-0.2, -0.15) is 0 Å². The lowest BCUT2D eigenvalue weighted by Crippen LogP contribution is -2.47. The van der Waals surface area contributed by atoms with Gasteiger partial charge in [-0.25, -0.2) is 4.79 Å². The molecular formula is C22H27N3O4. The van der Waals surface area contributed by atoms with Crippen molar-refractivity contribution in [2.75, 3.05) is 26.2 Å². The van der Waals surface area contributed by atoms with Crippen molar-refractivity contribution in [2.45, 2.75) is 38.6 Å². The van der Waals surface area contributed by atoms with Crippen molar-refractivity contribution in [3.8, 4) is 0 Å². The molecule has 2 fully saturated rings. The number of rotatable bonds is 4. The summed E-state index contributed by atoms with van der Waals surface area (Å²) in [6.45, 7) is 4.37. The van der Waals surface area contributed by atoms with Crippen LogP contribution in [0.4, 0.5) is 0 Å². The van der Waals surface area contributed by atoms with Gasteiger partial charge in [0.1, 0.15) is 11.1 Å². The van der Waals surface area contributed by atoms with Gasteiger partial charge in [-0.15, -0.1) is 0 Å². The Morgan fingerprint density at radius 3 is 2.86 bits per heavy atom. The van der Waals surface area contributed by atoms with Gasteiger partial charge in [-0.3, -0.25) is 9.59 Å². The van der Waals surface area contributed by atoms with Crippen LogP contribution in [0.25, 0.3) is 11.0 Å². The minimum Gasteiger partial charge on any atom is -0.422 e. The fraction of sp³-hybridized carbons (Fsp3) is 0.500. The van der Waals surface area contributed by atoms with Gasteiger partial charge in [-0.1, -0.05) is 18.2 Å². The normalized spacial score (nSPS) is 22.0. The molecular weight excluding hydrogens is 370 g/mol. The molecule has 0 saturated carbocycles. The summed E-state index contributed by atoms with van der Waals surface area (Å²) in [4.78, 5) is 39.6. The Bertz CT molecular complexity index is 978. The second-order valence-electron chi connectivity index (χ2n) is 8.04. The molecule has 3 heterocycles. The van der Waals surface area contributed by atoms with E-state index in [1.807, 2.05) is 12.1 Å². The lowest BCUT2D eigenvalue weighted by molar-refractivity contribution is -0.123. The Balaban J connectivity index is 1.45. The second kappa shape index (κ2) is 8.37. The number of hydrogen-bond acceptors (Lipinski definition) is 5. The van der Waals surface area contributed by atoms with Crippen LogP contribution >= 0.6 is 0 Å². The highest BCUT2D eigenvalue weighted by Gasteiger charge is 2.29. The van der Waals surface area contributed by atoms with Crippen LogP contribution in [-0.4, -0.2) is 48.9 Å². The number of carbonyl (C=O) groups excluding carboxylic acids is 2. The van der Waals surface area contributed by atoms with E-state index >= 15 is 0 Å². The van der Waals surface area contributed by atoms with Gasteiger partial charge in [0.05, 0.1) is 6.04 Å². The van der Waals surface area contributed by atoms with Crippen LogP contribution in [-0.2, 0) is 4.79 Å². The van der Waals surface area contributed by atoms with Crippen LogP contribution < -0.4 is 16.3 Å². The Kier molecular flexibility index (Phi) is 5.67. The van der Waals surface area contributed by atoms with Gasteiger partial charge in [0.2, 0.25) is 5.91 Å².